The monoisotopic (exact) mass is 395 g/mol. The quantitative estimate of drug-likeness (QED) is 0.824. The van der Waals surface area contributed by atoms with Crippen LogP contribution in [0.3, 0.4) is 0 Å². The average molecular weight is 396 g/mol. The van der Waals surface area contributed by atoms with Crippen LogP contribution in [0.25, 0.3) is 0 Å². The summed E-state index contributed by atoms with van der Waals surface area (Å²) in [5, 5.41) is 10.1. The second-order valence-electron chi connectivity index (χ2n) is 7.23. The van der Waals surface area contributed by atoms with Crippen LogP contribution in [0.5, 0.6) is 5.75 Å². The van der Waals surface area contributed by atoms with Gasteiger partial charge < -0.3 is 14.9 Å². The van der Waals surface area contributed by atoms with Gasteiger partial charge in [-0.3, -0.25) is 4.79 Å². The number of hydrogen-bond acceptors (Lipinski definition) is 2. The first kappa shape index (κ1) is 17.7. The van der Waals surface area contributed by atoms with Gasteiger partial charge >= 0.3 is 0 Å². The molecular weight excluding hydrogens is 368 g/mol. The number of phenolic OH excluding ortho intramolecular Hbond substituents is 1. The topological polar surface area (TPSA) is 45.0 Å². The highest BCUT2D eigenvalue weighted by Crippen LogP contribution is 2.22. The molecule has 5 heteroatoms. The van der Waals surface area contributed by atoms with Crippen molar-refractivity contribution in [2.75, 3.05) is 26.2 Å². The number of amides is 1. The molecule has 24 heavy (non-hydrogen) atoms. The van der Waals surface area contributed by atoms with E-state index in [0.717, 1.165) is 68.4 Å². The Bertz CT molecular complexity index is 570. The lowest BCUT2D eigenvalue weighted by Crippen LogP contribution is -3.12. The van der Waals surface area contributed by atoms with E-state index in [0.29, 0.717) is 11.7 Å². The number of aromatic hydroxyl groups is 1. The SMILES string of the molecule is O=C([C@H]1CCC[NH+](Cc2cc(Br)ccc2O)C1)N1CCCCCC1. The number of quaternary nitrogens is 1. The first-order valence-electron chi connectivity index (χ1n) is 9.23. The lowest BCUT2D eigenvalue weighted by Gasteiger charge is -2.32. The molecule has 1 amide bonds. The Morgan fingerprint density at radius 3 is 2.71 bits per heavy atom. The standard InChI is InChI=1S/C19H27BrN2O2/c20-17-7-8-18(23)16(12-17)14-21-9-5-6-15(13-21)19(24)22-10-3-1-2-4-11-22/h7-8,12,15,23H,1-6,9-11,13-14H2/p+1/t15-/m0/s1. The van der Waals surface area contributed by atoms with Gasteiger partial charge in [-0.2, -0.15) is 0 Å². The molecule has 2 aliphatic rings. The van der Waals surface area contributed by atoms with Gasteiger partial charge in [0.15, 0.2) is 0 Å². The van der Waals surface area contributed by atoms with Gasteiger partial charge in [-0.05, 0) is 43.9 Å². The van der Waals surface area contributed by atoms with Crippen LogP contribution in [0.1, 0.15) is 44.1 Å². The van der Waals surface area contributed by atoms with Gasteiger partial charge in [0.2, 0.25) is 5.91 Å². The van der Waals surface area contributed by atoms with E-state index < -0.39 is 0 Å². The van der Waals surface area contributed by atoms with Crippen LogP contribution >= 0.6 is 15.9 Å². The van der Waals surface area contributed by atoms with Gasteiger partial charge in [0.1, 0.15) is 12.3 Å². The van der Waals surface area contributed by atoms with Crippen LogP contribution in [-0.4, -0.2) is 42.1 Å². The summed E-state index contributed by atoms with van der Waals surface area (Å²) in [7, 11) is 0. The summed E-state index contributed by atoms with van der Waals surface area (Å²) in [5.74, 6) is 0.875. The molecule has 2 aliphatic heterocycles. The maximum atomic E-state index is 12.9. The summed E-state index contributed by atoms with van der Waals surface area (Å²) in [6.07, 6.45) is 6.93. The Morgan fingerprint density at radius 2 is 1.96 bits per heavy atom. The number of halogens is 1. The smallest absolute Gasteiger partial charge is 0.231 e. The maximum Gasteiger partial charge on any atom is 0.231 e. The van der Waals surface area contributed by atoms with Crippen molar-refractivity contribution in [1.29, 1.82) is 0 Å². The average Bonchev–Trinajstić information content (AvgIpc) is 2.87. The van der Waals surface area contributed by atoms with Crippen molar-refractivity contribution in [1.82, 2.24) is 4.90 Å². The van der Waals surface area contributed by atoms with E-state index in [2.05, 4.69) is 20.8 Å². The highest BCUT2D eigenvalue weighted by Gasteiger charge is 2.32. The van der Waals surface area contributed by atoms with E-state index in [4.69, 9.17) is 0 Å². The van der Waals surface area contributed by atoms with Crippen molar-refractivity contribution in [3.05, 3.63) is 28.2 Å². The lowest BCUT2D eigenvalue weighted by molar-refractivity contribution is -0.921. The minimum absolute atomic E-state index is 0.154. The minimum atomic E-state index is 0.154. The molecule has 0 aromatic heterocycles. The molecule has 2 heterocycles. The van der Waals surface area contributed by atoms with Crippen molar-refractivity contribution < 1.29 is 14.8 Å². The van der Waals surface area contributed by atoms with Crippen molar-refractivity contribution >= 4 is 21.8 Å². The number of nitrogens with one attached hydrogen (secondary N) is 1. The number of hydrogen-bond donors (Lipinski definition) is 2. The Labute approximate surface area is 153 Å². The second kappa shape index (κ2) is 8.34. The lowest BCUT2D eigenvalue weighted by atomic mass is 9.96. The van der Waals surface area contributed by atoms with E-state index in [1.807, 2.05) is 12.1 Å². The molecule has 2 atom stereocenters. The number of piperidine rings is 1. The predicted molar refractivity (Wildman–Crippen MR) is 98.0 cm³/mol. The summed E-state index contributed by atoms with van der Waals surface area (Å²) in [6.45, 7) is 4.64. The first-order chi connectivity index (χ1) is 11.6. The van der Waals surface area contributed by atoms with Crippen LogP contribution in [0.2, 0.25) is 0 Å². The van der Waals surface area contributed by atoms with Crippen molar-refractivity contribution in [3.63, 3.8) is 0 Å². The highest BCUT2D eigenvalue weighted by molar-refractivity contribution is 9.10. The molecule has 0 spiro atoms. The molecule has 0 saturated carbocycles. The predicted octanol–water partition coefficient (Wildman–Crippen LogP) is 2.35. The van der Waals surface area contributed by atoms with Crippen molar-refractivity contribution in [3.8, 4) is 5.75 Å². The van der Waals surface area contributed by atoms with Crippen molar-refractivity contribution in [2.45, 2.75) is 45.1 Å². The third-order valence-corrected chi connectivity index (χ3v) is 5.86. The van der Waals surface area contributed by atoms with E-state index in [-0.39, 0.29) is 5.92 Å². The molecule has 3 rings (SSSR count). The molecule has 1 aromatic carbocycles. The van der Waals surface area contributed by atoms with E-state index in [1.165, 1.54) is 17.7 Å². The van der Waals surface area contributed by atoms with E-state index in [1.54, 1.807) is 6.07 Å². The largest absolute Gasteiger partial charge is 0.507 e. The van der Waals surface area contributed by atoms with Gasteiger partial charge in [-0.15, -0.1) is 0 Å². The molecule has 4 nitrogen and oxygen atoms in total. The number of nitrogens with zero attached hydrogens (tertiary/aromatic N) is 1. The number of benzene rings is 1. The Hall–Kier alpha value is -1.07. The molecule has 2 N–H and O–H groups in total. The number of phenols is 1. The summed E-state index contributed by atoms with van der Waals surface area (Å²) in [6, 6.07) is 5.58. The summed E-state index contributed by atoms with van der Waals surface area (Å²) in [5.41, 5.74) is 0.960. The van der Waals surface area contributed by atoms with Crippen LogP contribution in [-0.2, 0) is 11.3 Å². The fraction of sp³-hybridized carbons (Fsp3) is 0.632. The van der Waals surface area contributed by atoms with E-state index >= 15 is 0 Å². The van der Waals surface area contributed by atoms with Gasteiger partial charge in [-0.1, -0.05) is 28.8 Å². The van der Waals surface area contributed by atoms with Gasteiger partial charge in [-0.25, -0.2) is 0 Å². The fourth-order valence-corrected chi connectivity index (χ4v) is 4.45. The van der Waals surface area contributed by atoms with Crippen LogP contribution < -0.4 is 4.90 Å². The molecule has 2 saturated heterocycles. The zero-order chi connectivity index (χ0) is 16.9. The number of carbonyl (C=O) groups is 1. The Balaban J connectivity index is 1.61. The normalized spacial score (nSPS) is 25.3. The summed E-state index contributed by atoms with van der Waals surface area (Å²) in [4.78, 5) is 16.4. The molecule has 0 radical (unpaired) electrons. The van der Waals surface area contributed by atoms with E-state index in [9.17, 15) is 9.90 Å². The zero-order valence-corrected chi connectivity index (χ0v) is 15.9. The molecule has 1 aromatic rings. The number of carbonyl (C=O) groups excluding carboxylic acids is 1. The van der Waals surface area contributed by atoms with Crippen molar-refractivity contribution in [2.24, 2.45) is 5.92 Å². The third kappa shape index (κ3) is 4.51. The Kier molecular flexibility index (Phi) is 6.17. The molecular formula is C19H28BrN2O2+. The summed E-state index contributed by atoms with van der Waals surface area (Å²) < 4.78 is 0.990. The third-order valence-electron chi connectivity index (χ3n) is 5.37. The zero-order valence-electron chi connectivity index (χ0n) is 14.3. The molecule has 132 valence electrons. The van der Waals surface area contributed by atoms with Gasteiger partial charge in [0.25, 0.3) is 0 Å². The molecule has 0 aliphatic carbocycles. The number of rotatable bonds is 3. The van der Waals surface area contributed by atoms with Gasteiger partial charge in [0, 0.05) is 23.1 Å². The first-order valence-corrected chi connectivity index (χ1v) is 10.0. The maximum absolute atomic E-state index is 12.9. The fourth-order valence-electron chi connectivity index (χ4n) is 4.04. The van der Waals surface area contributed by atoms with Crippen LogP contribution in [0.4, 0.5) is 0 Å². The Morgan fingerprint density at radius 1 is 1.21 bits per heavy atom. The van der Waals surface area contributed by atoms with Gasteiger partial charge in [0.05, 0.1) is 19.0 Å². The summed E-state index contributed by atoms with van der Waals surface area (Å²) >= 11 is 3.47. The number of likely N-dealkylation sites (tertiary alicyclic amines) is 2. The van der Waals surface area contributed by atoms with Crippen LogP contribution in [0.15, 0.2) is 22.7 Å². The minimum Gasteiger partial charge on any atom is -0.507 e. The molecule has 0 bridgehead atoms. The molecule has 1 unspecified atom stereocenters. The molecule has 2 fully saturated rings. The second-order valence-corrected chi connectivity index (χ2v) is 8.15. The van der Waals surface area contributed by atoms with Crippen LogP contribution in [0, 0.1) is 5.92 Å². The highest BCUT2D eigenvalue weighted by atomic mass is 79.9.